The van der Waals surface area contributed by atoms with Crippen LogP contribution in [0.15, 0.2) is 36.4 Å². The molecule has 0 radical (unpaired) electrons. The molecule has 0 bridgehead atoms. The summed E-state index contributed by atoms with van der Waals surface area (Å²) in [5, 5.41) is 19.4. The summed E-state index contributed by atoms with van der Waals surface area (Å²) in [6.45, 7) is 0.228. The van der Waals surface area contributed by atoms with E-state index in [4.69, 9.17) is 18.9 Å². The van der Waals surface area contributed by atoms with Gasteiger partial charge in [0.25, 0.3) is 0 Å². The van der Waals surface area contributed by atoms with E-state index in [2.05, 4.69) is 0 Å². The van der Waals surface area contributed by atoms with Crippen molar-refractivity contribution in [1.29, 1.82) is 0 Å². The number of benzene rings is 2. The zero-order chi connectivity index (χ0) is 19.7. The fourth-order valence-corrected chi connectivity index (χ4v) is 3.45. The summed E-state index contributed by atoms with van der Waals surface area (Å²) in [5.74, 6) is -2.30. The molecule has 0 unspecified atom stereocenters. The highest BCUT2D eigenvalue weighted by Gasteiger charge is 2.34. The van der Waals surface area contributed by atoms with Gasteiger partial charge < -0.3 is 29.2 Å². The first-order chi connectivity index (χ1) is 13.5. The average molecular weight is 386 g/mol. The molecule has 2 aliphatic heterocycles. The van der Waals surface area contributed by atoms with Gasteiger partial charge in [0.2, 0.25) is 13.6 Å². The number of hydrogen-bond acceptors (Lipinski definition) is 6. The molecule has 28 heavy (non-hydrogen) atoms. The SMILES string of the molecule is O=C(O)[C@@H](Cc1ccc2c(c1)OCO2)[C@H](Cc1ccc2c(c1)OCO2)C(=O)O. The Labute approximate surface area is 160 Å². The molecule has 0 aromatic heterocycles. The van der Waals surface area contributed by atoms with Gasteiger partial charge >= 0.3 is 11.9 Å². The zero-order valence-corrected chi connectivity index (χ0v) is 14.8. The third-order valence-corrected chi connectivity index (χ3v) is 4.91. The molecule has 8 heteroatoms. The van der Waals surface area contributed by atoms with E-state index in [9.17, 15) is 19.8 Å². The average Bonchev–Trinajstić information content (AvgIpc) is 3.32. The minimum absolute atomic E-state index is 0.0630. The zero-order valence-electron chi connectivity index (χ0n) is 14.8. The van der Waals surface area contributed by atoms with Crippen molar-refractivity contribution in [2.45, 2.75) is 12.8 Å². The van der Waals surface area contributed by atoms with E-state index in [1.165, 1.54) is 0 Å². The Morgan fingerprint density at radius 2 is 1.11 bits per heavy atom. The molecule has 2 atom stereocenters. The number of fused-ring (bicyclic) bond motifs is 2. The van der Waals surface area contributed by atoms with Gasteiger partial charge in [0, 0.05) is 0 Å². The number of rotatable bonds is 7. The molecule has 0 fully saturated rings. The maximum absolute atomic E-state index is 11.9. The summed E-state index contributed by atoms with van der Waals surface area (Å²) < 4.78 is 21.1. The van der Waals surface area contributed by atoms with Gasteiger partial charge in [-0.05, 0) is 48.2 Å². The first-order valence-corrected chi connectivity index (χ1v) is 8.74. The van der Waals surface area contributed by atoms with Gasteiger partial charge in [-0.15, -0.1) is 0 Å². The normalized spacial score (nSPS) is 15.9. The number of hydrogen-bond donors (Lipinski definition) is 2. The van der Waals surface area contributed by atoms with Crippen molar-refractivity contribution in [2.24, 2.45) is 11.8 Å². The van der Waals surface area contributed by atoms with Crippen LogP contribution in [-0.4, -0.2) is 35.7 Å². The monoisotopic (exact) mass is 386 g/mol. The lowest BCUT2D eigenvalue weighted by Gasteiger charge is -2.21. The number of carboxylic acid groups (broad SMARTS) is 2. The van der Waals surface area contributed by atoms with E-state index in [1.807, 2.05) is 0 Å². The minimum atomic E-state index is -1.16. The molecule has 146 valence electrons. The molecule has 8 nitrogen and oxygen atoms in total. The Morgan fingerprint density at radius 3 is 1.50 bits per heavy atom. The van der Waals surface area contributed by atoms with E-state index in [-0.39, 0.29) is 26.4 Å². The van der Waals surface area contributed by atoms with E-state index in [0.717, 1.165) is 0 Å². The van der Waals surface area contributed by atoms with Crippen LogP contribution in [0.5, 0.6) is 23.0 Å². The van der Waals surface area contributed by atoms with Crippen molar-refractivity contribution in [1.82, 2.24) is 0 Å². The molecule has 0 amide bonds. The first-order valence-electron chi connectivity index (χ1n) is 8.74. The van der Waals surface area contributed by atoms with Crippen LogP contribution >= 0.6 is 0 Å². The van der Waals surface area contributed by atoms with Gasteiger partial charge in [0.1, 0.15) is 0 Å². The van der Waals surface area contributed by atoms with Gasteiger partial charge in [-0.2, -0.15) is 0 Å². The van der Waals surface area contributed by atoms with Crippen molar-refractivity contribution in [2.75, 3.05) is 13.6 Å². The largest absolute Gasteiger partial charge is 0.481 e. The summed E-state index contributed by atoms with van der Waals surface area (Å²) in [6, 6.07) is 10.2. The summed E-state index contributed by atoms with van der Waals surface area (Å²) in [5.41, 5.74) is 1.35. The first kappa shape index (κ1) is 18.0. The highest BCUT2D eigenvalue weighted by molar-refractivity contribution is 5.80. The van der Waals surface area contributed by atoms with E-state index in [0.29, 0.717) is 34.1 Å². The Bertz CT molecular complexity index is 847. The molecule has 2 aromatic carbocycles. The van der Waals surface area contributed by atoms with E-state index >= 15 is 0 Å². The number of carboxylic acids is 2. The fraction of sp³-hybridized carbons (Fsp3) is 0.300. The summed E-state index contributed by atoms with van der Waals surface area (Å²) in [7, 11) is 0. The summed E-state index contributed by atoms with van der Waals surface area (Å²) in [4.78, 5) is 23.8. The van der Waals surface area contributed by atoms with Crippen LogP contribution < -0.4 is 18.9 Å². The maximum Gasteiger partial charge on any atom is 0.307 e. The molecule has 0 spiro atoms. The van der Waals surface area contributed by atoms with Gasteiger partial charge in [0.05, 0.1) is 11.8 Å². The van der Waals surface area contributed by atoms with E-state index in [1.54, 1.807) is 36.4 Å². The Morgan fingerprint density at radius 1 is 0.714 bits per heavy atom. The molecular formula is C20H18O8. The number of carbonyl (C=O) groups is 2. The molecule has 2 heterocycles. The predicted octanol–water partition coefficient (Wildman–Crippen LogP) is 2.33. The Balaban J connectivity index is 1.56. The van der Waals surface area contributed by atoms with Crippen molar-refractivity contribution in [3.05, 3.63) is 47.5 Å². The second-order valence-corrected chi connectivity index (χ2v) is 6.67. The molecule has 0 saturated carbocycles. The summed E-state index contributed by atoms with van der Waals surface area (Å²) >= 11 is 0. The van der Waals surface area contributed by atoms with Crippen molar-refractivity contribution >= 4 is 11.9 Å². The number of ether oxygens (including phenoxy) is 4. The van der Waals surface area contributed by atoms with Crippen LogP contribution in [0, 0.1) is 11.8 Å². The lowest BCUT2D eigenvalue weighted by Crippen LogP contribution is -2.33. The predicted molar refractivity (Wildman–Crippen MR) is 94.8 cm³/mol. The molecule has 2 aliphatic rings. The van der Waals surface area contributed by atoms with Gasteiger partial charge in [-0.1, -0.05) is 12.1 Å². The van der Waals surface area contributed by atoms with Crippen molar-refractivity contribution in [3.63, 3.8) is 0 Å². The fourth-order valence-electron chi connectivity index (χ4n) is 3.45. The highest BCUT2D eigenvalue weighted by atomic mass is 16.7. The highest BCUT2D eigenvalue weighted by Crippen LogP contribution is 2.36. The van der Waals surface area contributed by atoms with Crippen LogP contribution in [0.25, 0.3) is 0 Å². The second kappa shape index (κ2) is 7.30. The second-order valence-electron chi connectivity index (χ2n) is 6.67. The standard InChI is InChI=1S/C20H18O8/c21-19(22)13(5-11-1-3-15-17(7-11)27-9-25-15)14(20(23)24)6-12-2-4-16-18(8-12)28-10-26-16/h1-4,7-8,13-14H,5-6,9-10H2,(H,21,22)(H,23,24)/t13-,14-/m0/s1. The quantitative estimate of drug-likeness (QED) is 0.746. The molecular weight excluding hydrogens is 368 g/mol. The maximum atomic E-state index is 11.9. The Kier molecular flexibility index (Phi) is 4.68. The lowest BCUT2D eigenvalue weighted by molar-refractivity contribution is -0.153. The summed E-state index contributed by atoms with van der Waals surface area (Å²) in [6.07, 6.45) is 0.126. The van der Waals surface area contributed by atoms with Crippen LogP contribution in [0.1, 0.15) is 11.1 Å². The minimum Gasteiger partial charge on any atom is -0.481 e. The topological polar surface area (TPSA) is 112 Å². The van der Waals surface area contributed by atoms with Crippen LogP contribution in [0.2, 0.25) is 0 Å². The number of aliphatic carboxylic acids is 2. The van der Waals surface area contributed by atoms with Gasteiger partial charge in [-0.25, -0.2) is 0 Å². The lowest BCUT2D eigenvalue weighted by atomic mass is 9.82. The van der Waals surface area contributed by atoms with Crippen LogP contribution in [0.4, 0.5) is 0 Å². The third kappa shape index (κ3) is 3.53. The molecule has 4 rings (SSSR count). The molecule has 0 aliphatic carbocycles. The smallest absolute Gasteiger partial charge is 0.307 e. The van der Waals surface area contributed by atoms with E-state index < -0.39 is 23.8 Å². The van der Waals surface area contributed by atoms with Crippen molar-refractivity contribution in [3.8, 4) is 23.0 Å². The molecule has 2 N–H and O–H groups in total. The van der Waals surface area contributed by atoms with Gasteiger partial charge in [0.15, 0.2) is 23.0 Å². The third-order valence-electron chi connectivity index (χ3n) is 4.91. The van der Waals surface area contributed by atoms with Crippen LogP contribution in [0.3, 0.4) is 0 Å². The molecule has 0 saturated heterocycles. The van der Waals surface area contributed by atoms with Crippen LogP contribution in [-0.2, 0) is 22.4 Å². The molecule has 2 aromatic rings. The van der Waals surface area contributed by atoms with Gasteiger partial charge in [-0.3, -0.25) is 9.59 Å². The Hall–Kier alpha value is -3.42. The van der Waals surface area contributed by atoms with Crippen molar-refractivity contribution < 1.29 is 38.7 Å².